The first-order valence-electron chi connectivity index (χ1n) is 9.61. The van der Waals surface area contributed by atoms with E-state index in [4.69, 9.17) is 11.6 Å². The Morgan fingerprint density at radius 2 is 2.00 bits per heavy atom. The highest BCUT2D eigenvalue weighted by Gasteiger charge is 2.54. The molecular formula is C22H22ClN3O3. The van der Waals surface area contributed by atoms with E-state index in [1.54, 1.807) is 6.07 Å². The van der Waals surface area contributed by atoms with Gasteiger partial charge in [-0.2, -0.15) is 0 Å². The smallest absolute Gasteiger partial charge is 0.323 e. The second-order valence-corrected chi connectivity index (χ2v) is 8.13. The predicted octanol–water partition coefficient (Wildman–Crippen LogP) is 3.68. The first-order chi connectivity index (χ1) is 13.8. The molecule has 29 heavy (non-hydrogen) atoms. The van der Waals surface area contributed by atoms with Gasteiger partial charge in [0.1, 0.15) is 12.1 Å². The van der Waals surface area contributed by atoms with Gasteiger partial charge in [-0.3, -0.25) is 14.5 Å². The number of nitrogens with one attached hydrogen (secondary N) is 2. The molecule has 1 aliphatic heterocycles. The van der Waals surface area contributed by atoms with Gasteiger partial charge in [0.2, 0.25) is 5.91 Å². The average molecular weight is 412 g/mol. The molecule has 4 amide bonds. The largest absolute Gasteiger partial charge is 0.325 e. The van der Waals surface area contributed by atoms with E-state index in [1.165, 1.54) is 0 Å². The fourth-order valence-corrected chi connectivity index (χ4v) is 4.72. The van der Waals surface area contributed by atoms with Gasteiger partial charge in [-0.1, -0.05) is 41.9 Å². The van der Waals surface area contributed by atoms with Gasteiger partial charge in [-0.05, 0) is 61.4 Å². The molecule has 0 bridgehead atoms. The third kappa shape index (κ3) is 3.27. The van der Waals surface area contributed by atoms with Gasteiger partial charge in [0.05, 0.1) is 10.7 Å². The molecule has 150 valence electrons. The Morgan fingerprint density at radius 3 is 2.76 bits per heavy atom. The number of hydrogen-bond donors (Lipinski definition) is 2. The molecular weight excluding hydrogens is 390 g/mol. The minimum atomic E-state index is -1.08. The van der Waals surface area contributed by atoms with E-state index >= 15 is 0 Å². The van der Waals surface area contributed by atoms with Crippen molar-refractivity contribution in [3.8, 4) is 0 Å². The summed E-state index contributed by atoms with van der Waals surface area (Å²) in [6.07, 6.45) is 2.18. The number of halogens is 1. The van der Waals surface area contributed by atoms with E-state index in [0.29, 0.717) is 17.1 Å². The van der Waals surface area contributed by atoms with Crippen molar-refractivity contribution in [2.24, 2.45) is 0 Å². The van der Waals surface area contributed by atoms with Crippen LogP contribution < -0.4 is 10.6 Å². The first-order valence-corrected chi connectivity index (χ1v) is 9.99. The maximum atomic E-state index is 13.3. The first kappa shape index (κ1) is 19.5. The van der Waals surface area contributed by atoms with Crippen LogP contribution in [0.4, 0.5) is 10.5 Å². The molecule has 0 unspecified atom stereocenters. The Kier molecular flexibility index (Phi) is 4.82. The number of imide groups is 1. The fraction of sp³-hybridized carbons (Fsp3) is 0.318. The summed E-state index contributed by atoms with van der Waals surface area (Å²) in [5.41, 5.74) is 3.09. The number of aryl methyl sites for hydroxylation is 3. The van der Waals surface area contributed by atoms with Crippen molar-refractivity contribution in [1.29, 1.82) is 0 Å². The summed E-state index contributed by atoms with van der Waals surface area (Å²) < 4.78 is 0. The SMILES string of the molecule is Cc1cc(C)c(NC(=O)CN2C(=O)N[C@]3(CCCc4ccccc43)C2=O)c(Cl)c1. The van der Waals surface area contributed by atoms with E-state index in [0.717, 1.165) is 40.0 Å². The molecule has 6 nitrogen and oxygen atoms in total. The summed E-state index contributed by atoms with van der Waals surface area (Å²) in [6, 6.07) is 10.8. The van der Waals surface area contributed by atoms with Gasteiger partial charge in [0.15, 0.2) is 0 Å². The highest BCUT2D eigenvalue weighted by molar-refractivity contribution is 6.34. The zero-order valence-electron chi connectivity index (χ0n) is 16.3. The zero-order valence-corrected chi connectivity index (χ0v) is 17.1. The molecule has 2 N–H and O–H groups in total. The Bertz CT molecular complexity index is 1010. The maximum Gasteiger partial charge on any atom is 0.325 e. The van der Waals surface area contributed by atoms with E-state index in [-0.39, 0.29) is 12.5 Å². The van der Waals surface area contributed by atoms with Crippen LogP contribution in [0.2, 0.25) is 5.02 Å². The van der Waals surface area contributed by atoms with Crippen LogP contribution in [-0.4, -0.2) is 29.3 Å². The van der Waals surface area contributed by atoms with Crippen molar-refractivity contribution in [2.45, 2.75) is 38.6 Å². The molecule has 1 atom stereocenters. The minimum Gasteiger partial charge on any atom is -0.323 e. The number of fused-ring (bicyclic) bond motifs is 2. The lowest BCUT2D eigenvalue weighted by atomic mass is 9.76. The van der Waals surface area contributed by atoms with Gasteiger partial charge in [0, 0.05) is 0 Å². The number of rotatable bonds is 3. The Labute approximate surface area is 174 Å². The van der Waals surface area contributed by atoms with Crippen LogP contribution in [0, 0.1) is 13.8 Å². The van der Waals surface area contributed by atoms with Crippen LogP contribution in [0.3, 0.4) is 0 Å². The number of carbonyl (C=O) groups is 3. The van der Waals surface area contributed by atoms with Crippen molar-refractivity contribution in [1.82, 2.24) is 10.2 Å². The van der Waals surface area contributed by atoms with Crippen LogP contribution in [-0.2, 0) is 21.5 Å². The van der Waals surface area contributed by atoms with E-state index in [1.807, 2.05) is 44.2 Å². The summed E-state index contributed by atoms with van der Waals surface area (Å²) in [7, 11) is 0. The predicted molar refractivity (Wildman–Crippen MR) is 111 cm³/mol. The molecule has 1 aliphatic carbocycles. The maximum absolute atomic E-state index is 13.3. The Hall–Kier alpha value is -2.86. The van der Waals surface area contributed by atoms with Crippen LogP contribution in [0.25, 0.3) is 0 Å². The molecule has 1 heterocycles. The molecule has 1 saturated heterocycles. The molecule has 2 aromatic carbocycles. The number of benzene rings is 2. The number of anilines is 1. The van der Waals surface area contributed by atoms with E-state index in [2.05, 4.69) is 10.6 Å². The number of urea groups is 1. The number of hydrogen-bond acceptors (Lipinski definition) is 3. The van der Waals surface area contributed by atoms with Gasteiger partial charge in [0.25, 0.3) is 5.91 Å². The monoisotopic (exact) mass is 411 g/mol. The van der Waals surface area contributed by atoms with Crippen LogP contribution in [0.1, 0.15) is 35.1 Å². The summed E-state index contributed by atoms with van der Waals surface area (Å²) in [4.78, 5) is 39.5. The standard InChI is InChI=1S/C22H22ClN3O3/c1-13-10-14(2)19(17(23)11-13)24-18(27)12-26-20(28)22(25-21(26)29)9-5-7-15-6-3-4-8-16(15)22/h3-4,6,8,10-11H,5,7,9,12H2,1-2H3,(H,24,27)(H,25,29)/t22-/m0/s1. The molecule has 0 radical (unpaired) electrons. The molecule has 2 aliphatic rings. The molecule has 0 saturated carbocycles. The van der Waals surface area contributed by atoms with Crippen molar-refractivity contribution in [2.75, 3.05) is 11.9 Å². The summed E-state index contributed by atoms with van der Waals surface area (Å²) in [5.74, 6) is -0.847. The molecule has 1 fully saturated rings. The second kappa shape index (κ2) is 7.19. The molecule has 7 heteroatoms. The van der Waals surface area contributed by atoms with Crippen LogP contribution in [0.15, 0.2) is 36.4 Å². The normalized spacial score (nSPS) is 20.6. The topological polar surface area (TPSA) is 78.5 Å². The van der Waals surface area contributed by atoms with Crippen molar-refractivity contribution in [3.63, 3.8) is 0 Å². The highest BCUT2D eigenvalue weighted by atomic mass is 35.5. The summed E-state index contributed by atoms with van der Waals surface area (Å²) in [5, 5.41) is 6.02. The highest BCUT2D eigenvalue weighted by Crippen LogP contribution is 2.39. The minimum absolute atomic E-state index is 0.363. The quantitative estimate of drug-likeness (QED) is 0.756. The van der Waals surface area contributed by atoms with Gasteiger partial charge in [-0.15, -0.1) is 0 Å². The molecule has 0 aromatic heterocycles. The third-order valence-electron chi connectivity index (χ3n) is 5.65. The number of carbonyl (C=O) groups excluding carboxylic acids is 3. The van der Waals surface area contributed by atoms with Crippen molar-refractivity contribution < 1.29 is 14.4 Å². The second-order valence-electron chi connectivity index (χ2n) is 7.72. The summed E-state index contributed by atoms with van der Waals surface area (Å²) >= 11 is 6.25. The lowest BCUT2D eigenvalue weighted by molar-refractivity contribution is -0.134. The van der Waals surface area contributed by atoms with Crippen LogP contribution in [0.5, 0.6) is 0 Å². The fourth-order valence-electron chi connectivity index (χ4n) is 4.35. The lowest BCUT2D eigenvalue weighted by Crippen LogP contribution is -2.47. The zero-order chi connectivity index (χ0) is 20.8. The van der Waals surface area contributed by atoms with E-state index < -0.39 is 17.5 Å². The van der Waals surface area contributed by atoms with Gasteiger partial charge >= 0.3 is 6.03 Å². The number of nitrogens with zero attached hydrogens (tertiary/aromatic N) is 1. The Morgan fingerprint density at radius 1 is 1.24 bits per heavy atom. The molecule has 4 rings (SSSR count). The Balaban J connectivity index is 1.56. The summed E-state index contributed by atoms with van der Waals surface area (Å²) in [6.45, 7) is 3.40. The van der Waals surface area contributed by atoms with Crippen LogP contribution >= 0.6 is 11.6 Å². The van der Waals surface area contributed by atoms with Gasteiger partial charge in [-0.25, -0.2) is 4.79 Å². The van der Waals surface area contributed by atoms with Crippen molar-refractivity contribution >= 4 is 35.1 Å². The molecule has 1 spiro atoms. The number of amides is 4. The van der Waals surface area contributed by atoms with E-state index in [9.17, 15) is 14.4 Å². The van der Waals surface area contributed by atoms with Gasteiger partial charge < -0.3 is 10.6 Å². The third-order valence-corrected chi connectivity index (χ3v) is 5.95. The molecule has 2 aromatic rings. The average Bonchev–Trinajstić information content (AvgIpc) is 2.90. The van der Waals surface area contributed by atoms with Crippen molar-refractivity contribution in [3.05, 3.63) is 63.7 Å². The lowest BCUT2D eigenvalue weighted by Gasteiger charge is -2.33.